The van der Waals surface area contributed by atoms with Crippen LogP contribution in [0.1, 0.15) is 16.7 Å². The molecule has 1 aromatic rings. The van der Waals surface area contributed by atoms with Crippen LogP contribution in [-0.4, -0.2) is 23.5 Å². The van der Waals surface area contributed by atoms with Crippen LogP contribution in [0, 0.1) is 3.57 Å². The minimum Gasteiger partial charge on any atom is -0.330 e. The van der Waals surface area contributed by atoms with E-state index in [4.69, 9.17) is 0 Å². The Morgan fingerprint density at radius 3 is 2.29 bits per heavy atom. The fourth-order valence-corrected chi connectivity index (χ4v) is 3.11. The number of halogens is 7. The molecule has 1 aliphatic heterocycles. The van der Waals surface area contributed by atoms with E-state index in [9.17, 15) is 31.1 Å². The normalized spacial score (nSPS) is 15.9. The van der Waals surface area contributed by atoms with Gasteiger partial charge in [0.15, 0.2) is 0 Å². The second-order valence-corrected chi connectivity index (χ2v) is 5.73. The van der Waals surface area contributed by atoms with E-state index in [1.807, 2.05) is 0 Å². The van der Waals surface area contributed by atoms with Crippen LogP contribution >= 0.6 is 22.6 Å². The second-order valence-electron chi connectivity index (χ2n) is 4.57. The third-order valence-electron chi connectivity index (χ3n) is 3.14. The van der Waals surface area contributed by atoms with Gasteiger partial charge in [-0.1, -0.05) is 0 Å². The van der Waals surface area contributed by atoms with Crippen molar-refractivity contribution in [1.29, 1.82) is 0 Å². The van der Waals surface area contributed by atoms with Crippen molar-refractivity contribution in [2.24, 2.45) is 0 Å². The Balaban J connectivity index is 2.36. The molecule has 1 amide bonds. The Kier molecular flexibility index (Phi) is 4.15. The number of carbonyl (C=O) groups excluding carboxylic acids is 1. The zero-order valence-corrected chi connectivity index (χ0v) is 12.4. The number of nitrogens with zero attached hydrogens (tertiary/aromatic N) is 1. The molecule has 0 aromatic heterocycles. The third-order valence-corrected chi connectivity index (χ3v) is 4.10. The van der Waals surface area contributed by atoms with Crippen molar-refractivity contribution in [2.45, 2.75) is 25.3 Å². The van der Waals surface area contributed by atoms with E-state index in [2.05, 4.69) is 0 Å². The second kappa shape index (κ2) is 5.33. The summed E-state index contributed by atoms with van der Waals surface area (Å²) in [5.41, 5.74) is -0.250. The lowest BCUT2D eigenvalue weighted by molar-refractivity contribution is -0.186. The Hall–Kier alpha value is -1.00. The molecule has 2 rings (SSSR count). The summed E-state index contributed by atoms with van der Waals surface area (Å²) in [6.45, 7) is -0.625. The number of amides is 1. The molecule has 0 aliphatic carbocycles. The molecule has 21 heavy (non-hydrogen) atoms. The van der Waals surface area contributed by atoms with Crippen LogP contribution < -0.4 is 0 Å². The highest BCUT2D eigenvalue weighted by Gasteiger charge is 2.43. The van der Waals surface area contributed by atoms with Crippen LogP contribution in [0.15, 0.2) is 12.1 Å². The molecule has 0 spiro atoms. The van der Waals surface area contributed by atoms with E-state index in [-0.39, 0.29) is 18.5 Å². The Morgan fingerprint density at radius 2 is 1.76 bits per heavy atom. The molecule has 2 nitrogen and oxygen atoms in total. The Morgan fingerprint density at radius 1 is 1.14 bits per heavy atom. The lowest BCUT2D eigenvalue weighted by atomic mass is 9.97. The van der Waals surface area contributed by atoms with Gasteiger partial charge in [-0.3, -0.25) is 4.79 Å². The largest absolute Gasteiger partial charge is 0.471 e. The van der Waals surface area contributed by atoms with E-state index in [1.165, 1.54) is 0 Å². The van der Waals surface area contributed by atoms with Gasteiger partial charge in [0, 0.05) is 16.7 Å². The number of hydrogen-bond acceptors (Lipinski definition) is 1. The molecule has 0 unspecified atom stereocenters. The van der Waals surface area contributed by atoms with Gasteiger partial charge in [0.05, 0.1) is 5.56 Å². The van der Waals surface area contributed by atoms with Crippen molar-refractivity contribution in [1.82, 2.24) is 4.90 Å². The first-order valence-corrected chi connectivity index (χ1v) is 6.82. The summed E-state index contributed by atoms with van der Waals surface area (Å²) in [6.07, 6.45) is -9.49. The van der Waals surface area contributed by atoms with Crippen LogP contribution in [0.25, 0.3) is 0 Å². The summed E-state index contributed by atoms with van der Waals surface area (Å²) in [7, 11) is 0. The van der Waals surface area contributed by atoms with Crippen LogP contribution in [0.3, 0.4) is 0 Å². The monoisotopic (exact) mass is 423 g/mol. The summed E-state index contributed by atoms with van der Waals surface area (Å²) in [4.78, 5) is 11.7. The van der Waals surface area contributed by atoms with Gasteiger partial charge in [-0.2, -0.15) is 26.3 Å². The number of carbonyl (C=O) groups is 1. The first-order chi connectivity index (χ1) is 9.50. The van der Waals surface area contributed by atoms with E-state index in [1.54, 1.807) is 22.6 Å². The lowest BCUT2D eigenvalue weighted by Gasteiger charge is -2.30. The van der Waals surface area contributed by atoms with Crippen LogP contribution in [0.4, 0.5) is 26.3 Å². The van der Waals surface area contributed by atoms with Gasteiger partial charge in [0.2, 0.25) is 0 Å². The lowest BCUT2D eigenvalue weighted by Crippen LogP contribution is -2.44. The average molecular weight is 423 g/mol. The zero-order valence-electron chi connectivity index (χ0n) is 10.3. The summed E-state index contributed by atoms with van der Waals surface area (Å²) in [5.74, 6) is -2.03. The minimum atomic E-state index is -5.02. The first kappa shape index (κ1) is 16.4. The van der Waals surface area contributed by atoms with E-state index in [0.717, 1.165) is 12.1 Å². The number of hydrogen-bond donors (Lipinski definition) is 0. The summed E-state index contributed by atoms with van der Waals surface area (Å²) in [5, 5.41) is 0. The van der Waals surface area contributed by atoms with Crippen LogP contribution in [0.2, 0.25) is 0 Å². The predicted molar refractivity (Wildman–Crippen MR) is 69.3 cm³/mol. The first-order valence-electron chi connectivity index (χ1n) is 5.74. The number of rotatable bonds is 0. The molecular formula is C12H8F6INO. The highest BCUT2D eigenvalue weighted by Crippen LogP contribution is 2.35. The van der Waals surface area contributed by atoms with Gasteiger partial charge in [0.25, 0.3) is 0 Å². The molecule has 1 aromatic carbocycles. The van der Waals surface area contributed by atoms with Gasteiger partial charge in [-0.05, 0) is 52.3 Å². The topological polar surface area (TPSA) is 20.3 Å². The van der Waals surface area contributed by atoms with Crippen molar-refractivity contribution in [3.63, 3.8) is 0 Å². The fraction of sp³-hybridized carbons (Fsp3) is 0.417. The molecule has 1 heterocycles. The van der Waals surface area contributed by atoms with Crippen LogP contribution in [0.5, 0.6) is 0 Å². The standard InChI is InChI=1S/C12H8F6INO/c13-11(14,15)7-3-6-5-20(10(21)12(16,17)18)2-1-8(6)9(19)4-7/h3-4H,1-2,5H2. The van der Waals surface area contributed by atoms with Crippen molar-refractivity contribution in [2.75, 3.05) is 6.54 Å². The highest BCUT2D eigenvalue weighted by atomic mass is 127. The number of fused-ring (bicyclic) bond motifs is 1. The molecule has 116 valence electrons. The van der Waals surface area contributed by atoms with Crippen molar-refractivity contribution < 1.29 is 31.1 Å². The van der Waals surface area contributed by atoms with Crippen molar-refractivity contribution in [3.8, 4) is 0 Å². The van der Waals surface area contributed by atoms with Gasteiger partial charge >= 0.3 is 18.3 Å². The quantitative estimate of drug-likeness (QED) is 0.460. The molecule has 0 fully saturated rings. The molecule has 1 aliphatic rings. The highest BCUT2D eigenvalue weighted by molar-refractivity contribution is 14.1. The maximum atomic E-state index is 12.7. The maximum Gasteiger partial charge on any atom is 0.471 e. The summed E-state index contributed by atoms with van der Waals surface area (Å²) >= 11 is 1.72. The predicted octanol–water partition coefficient (Wildman–Crippen LogP) is 3.76. The van der Waals surface area contributed by atoms with Gasteiger partial charge in [-0.25, -0.2) is 0 Å². The fourth-order valence-electron chi connectivity index (χ4n) is 2.16. The molecule has 0 atom stereocenters. The summed E-state index contributed by atoms with van der Waals surface area (Å²) < 4.78 is 75.7. The van der Waals surface area contributed by atoms with Crippen molar-refractivity contribution >= 4 is 28.5 Å². The molecular weight excluding hydrogens is 415 g/mol. The molecule has 0 saturated carbocycles. The van der Waals surface area contributed by atoms with Crippen LogP contribution in [-0.2, 0) is 23.9 Å². The zero-order chi connectivity index (χ0) is 16.0. The molecule has 0 saturated heterocycles. The third kappa shape index (κ3) is 3.43. The smallest absolute Gasteiger partial charge is 0.330 e. The number of alkyl halides is 6. The Labute approximate surface area is 129 Å². The number of benzene rings is 1. The minimum absolute atomic E-state index is 0.105. The molecule has 0 radical (unpaired) electrons. The maximum absolute atomic E-state index is 12.7. The van der Waals surface area contributed by atoms with Gasteiger partial charge < -0.3 is 4.90 Å². The SMILES string of the molecule is O=C(N1CCc2c(I)cc(C(F)(F)F)cc2C1)C(F)(F)F. The van der Waals surface area contributed by atoms with E-state index >= 15 is 0 Å². The average Bonchev–Trinajstić information content (AvgIpc) is 2.35. The van der Waals surface area contributed by atoms with E-state index < -0.39 is 30.4 Å². The van der Waals surface area contributed by atoms with Crippen molar-refractivity contribution in [3.05, 3.63) is 32.4 Å². The molecule has 9 heteroatoms. The Bertz CT molecular complexity index is 580. The summed E-state index contributed by atoms with van der Waals surface area (Å²) in [6, 6.07) is 1.77. The molecule has 0 bridgehead atoms. The van der Waals surface area contributed by atoms with Gasteiger partial charge in [-0.15, -0.1) is 0 Å². The van der Waals surface area contributed by atoms with E-state index in [0.29, 0.717) is 14.0 Å². The van der Waals surface area contributed by atoms with Gasteiger partial charge in [0.1, 0.15) is 0 Å². The molecule has 0 N–H and O–H groups in total.